The molecule has 5 nitrogen and oxygen atoms in total. The summed E-state index contributed by atoms with van der Waals surface area (Å²) in [6.45, 7) is 1.49. The van der Waals surface area contributed by atoms with Crippen LogP contribution in [0.5, 0.6) is 0 Å². The van der Waals surface area contributed by atoms with Crippen LogP contribution in [0.2, 0.25) is 0 Å². The van der Waals surface area contributed by atoms with Crippen molar-refractivity contribution in [1.82, 2.24) is 10.3 Å². The standard InChI is InChI=1S/C16H19N3O2S/c17-16(6-8-21-9-7-16)15(20)18-10-13-11-22-14(19-13)12-4-2-1-3-5-12/h1-5,11H,6-10,17H2,(H,18,20). The highest BCUT2D eigenvalue weighted by molar-refractivity contribution is 7.13. The molecule has 116 valence electrons. The van der Waals surface area contributed by atoms with E-state index >= 15 is 0 Å². The second-order valence-corrected chi connectivity index (χ2v) is 6.32. The van der Waals surface area contributed by atoms with Gasteiger partial charge in [-0.3, -0.25) is 4.79 Å². The lowest BCUT2D eigenvalue weighted by Gasteiger charge is -2.31. The predicted octanol–water partition coefficient (Wildman–Crippen LogP) is 1.93. The Bertz CT molecular complexity index is 636. The van der Waals surface area contributed by atoms with E-state index in [4.69, 9.17) is 10.5 Å². The summed E-state index contributed by atoms with van der Waals surface area (Å²) in [7, 11) is 0. The molecule has 1 aromatic heterocycles. The third kappa shape index (κ3) is 3.35. The number of hydrogen-bond donors (Lipinski definition) is 2. The second kappa shape index (κ2) is 6.56. The maximum absolute atomic E-state index is 12.3. The van der Waals surface area contributed by atoms with Gasteiger partial charge in [0.2, 0.25) is 5.91 Å². The molecular weight excluding hydrogens is 298 g/mol. The first-order chi connectivity index (χ1) is 10.7. The van der Waals surface area contributed by atoms with Crippen LogP contribution in [0, 0.1) is 0 Å². The van der Waals surface area contributed by atoms with Gasteiger partial charge in [-0.15, -0.1) is 11.3 Å². The SMILES string of the molecule is NC1(C(=O)NCc2csc(-c3ccccc3)n2)CCOCC1. The Morgan fingerprint density at radius 2 is 2.05 bits per heavy atom. The van der Waals surface area contributed by atoms with Crippen LogP contribution in [-0.4, -0.2) is 29.6 Å². The lowest BCUT2D eigenvalue weighted by molar-refractivity contribution is -0.129. The van der Waals surface area contributed by atoms with Crippen LogP contribution in [0.15, 0.2) is 35.7 Å². The fourth-order valence-electron chi connectivity index (χ4n) is 2.41. The number of nitrogens with zero attached hydrogens (tertiary/aromatic N) is 1. The van der Waals surface area contributed by atoms with Crippen molar-refractivity contribution < 1.29 is 9.53 Å². The van der Waals surface area contributed by atoms with Gasteiger partial charge in [0.15, 0.2) is 0 Å². The van der Waals surface area contributed by atoms with Crippen LogP contribution >= 0.6 is 11.3 Å². The van der Waals surface area contributed by atoms with E-state index in [-0.39, 0.29) is 5.91 Å². The first-order valence-corrected chi connectivity index (χ1v) is 8.20. The van der Waals surface area contributed by atoms with E-state index < -0.39 is 5.54 Å². The third-order valence-corrected chi connectivity index (χ3v) is 4.78. The van der Waals surface area contributed by atoms with Crippen LogP contribution in [0.1, 0.15) is 18.5 Å². The number of ether oxygens (including phenoxy) is 1. The van der Waals surface area contributed by atoms with Gasteiger partial charge in [-0.2, -0.15) is 0 Å². The lowest BCUT2D eigenvalue weighted by Crippen LogP contribution is -2.56. The number of nitrogens with two attached hydrogens (primary N) is 1. The lowest BCUT2D eigenvalue weighted by atomic mass is 9.90. The van der Waals surface area contributed by atoms with Crippen molar-refractivity contribution in [2.24, 2.45) is 5.73 Å². The van der Waals surface area contributed by atoms with Crippen LogP contribution in [0.25, 0.3) is 10.6 Å². The van der Waals surface area contributed by atoms with Crippen molar-refractivity contribution in [3.63, 3.8) is 0 Å². The molecule has 0 saturated carbocycles. The molecule has 2 aromatic rings. The number of benzene rings is 1. The Hall–Kier alpha value is -1.76. The first-order valence-electron chi connectivity index (χ1n) is 7.32. The number of aromatic nitrogens is 1. The fourth-order valence-corrected chi connectivity index (χ4v) is 3.24. The summed E-state index contributed by atoms with van der Waals surface area (Å²) in [5.74, 6) is -0.120. The van der Waals surface area contributed by atoms with Gasteiger partial charge < -0.3 is 15.8 Å². The van der Waals surface area contributed by atoms with Crippen LogP contribution in [0.3, 0.4) is 0 Å². The molecule has 1 aliphatic heterocycles. The Balaban J connectivity index is 1.60. The summed E-state index contributed by atoms with van der Waals surface area (Å²) < 4.78 is 5.26. The Morgan fingerprint density at radius 3 is 2.77 bits per heavy atom. The monoisotopic (exact) mass is 317 g/mol. The zero-order valence-corrected chi connectivity index (χ0v) is 13.1. The molecule has 0 spiro atoms. The third-order valence-electron chi connectivity index (χ3n) is 3.84. The number of carbonyl (C=O) groups is 1. The summed E-state index contributed by atoms with van der Waals surface area (Å²) in [4.78, 5) is 16.8. The predicted molar refractivity (Wildman–Crippen MR) is 86.4 cm³/mol. The molecule has 1 aliphatic rings. The summed E-state index contributed by atoms with van der Waals surface area (Å²) in [5, 5.41) is 5.82. The van der Waals surface area contributed by atoms with Gasteiger partial charge in [0.1, 0.15) is 5.01 Å². The van der Waals surface area contributed by atoms with Crippen LogP contribution < -0.4 is 11.1 Å². The smallest absolute Gasteiger partial charge is 0.240 e. The van der Waals surface area contributed by atoms with E-state index in [1.165, 1.54) is 0 Å². The molecule has 0 unspecified atom stereocenters. The van der Waals surface area contributed by atoms with E-state index in [1.54, 1.807) is 11.3 Å². The van der Waals surface area contributed by atoms with Gasteiger partial charge in [-0.25, -0.2) is 4.98 Å². The molecule has 22 heavy (non-hydrogen) atoms. The Kier molecular flexibility index (Phi) is 4.52. The van der Waals surface area contributed by atoms with Gasteiger partial charge in [0.05, 0.1) is 17.8 Å². The molecule has 1 fully saturated rings. The highest BCUT2D eigenvalue weighted by atomic mass is 32.1. The molecule has 1 amide bonds. The van der Waals surface area contributed by atoms with E-state index in [2.05, 4.69) is 10.3 Å². The molecule has 3 rings (SSSR count). The summed E-state index contributed by atoms with van der Waals surface area (Å²) in [6.07, 6.45) is 1.12. The molecule has 1 saturated heterocycles. The molecule has 0 bridgehead atoms. The maximum atomic E-state index is 12.3. The van der Waals surface area contributed by atoms with E-state index in [0.29, 0.717) is 32.6 Å². The average molecular weight is 317 g/mol. The first kappa shape index (κ1) is 15.1. The normalized spacial score (nSPS) is 17.1. The number of nitrogens with one attached hydrogen (secondary N) is 1. The minimum Gasteiger partial charge on any atom is -0.381 e. The quantitative estimate of drug-likeness (QED) is 0.903. The number of hydrogen-bond acceptors (Lipinski definition) is 5. The van der Waals surface area contributed by atoms with Gasteiger partial charge >= 0.3 is 0 Å². The summed E-state index contributed by atoms with van der Waals surface area (Å²) >= 11 is 1.58. The zero-order chi connectivity index (χ0) is 15.4. The topological polar surface area (TPSA) is 77.2 Å². The van der Waals surface area contributed by atoms with E-state index in [9.17, 15) is 4.79 Å². The minimum absolute atomic E-state index is 0.120. The summed E-state index contributed by atoms with van der Waals surface area (Å²) in [5.41, 5.74) is 7.29. The summed E-state index contributed by atoms with van der Waals surface area (Å²) in [6, 6.07) is 10.0. The number of thiazole rings is 1. The number of amides is 1. The number of rotatable bonds is 4. The van der Waals surface area contributed by atoms with E-state index in [0.717, 1.165) is 16.3 Å². The van der Waals surface area contributed by atoms with Crippen molar-refractivity contribution in [2.45, 2.75) is 24.9 Å². The van der Waals surface area contributed by atoms with Gasteiger partial charge in [0.25, 0.3) is 0 Å². The second-order valence-electron chi connectivity index (χ2n) is 5.46. The maximum Gasteiger partial charge on any atom is 0.240 e. The fraction of sp³-hybridized carbons (Fsp3) is 0.375. The van der Waals surface area contributed by atoms with Crippen molar-refractivity contribution in [3.05, 3.63) is 41.4 Å². The molecule has 0 radical (unpaired) electrons. The van der Waals surface area contributed by atoms with Crippen molar-refractivity contribution >= 4 is 17.2 Å². The zero-order valence-electron chi connectivity index (χ0n) is 12.2. The van der Waals surface area contributed by atoms with Crippen molar-refractivity contribution in [3.8, 4) is 10.6 Å². The average Bonchev–Trinajstić information content (AvgIpc) is 3.03. The highest BCUT2D eigenvalue weighted by Crippen LogP contribution is 2.23. The largest absolute Gasteiger partial charge is 0.381 e. The van der Waals surface area contributed by atoms with Gasteiger partial charge in [0, 0.05) is 24.2 Å². The molecule has 0 aliphatic carbocycles. The number of carbonyl (C=O) groups excluding carboxylic acids is 1. The molecule has 0 atom stereocenters. The van der Waals surface area contributed by atoms with Gasteiger partial charge in [-0.1, -0.05) is 30.3 Å². The van der Waals surface area contributed by atoms with Crippen LogP contribution in [0.4, 0.5) is 0 Å². The van der Waals surface area contributed by atoms with Crippen LogP contribution in [-0.2, 0) is 16.1 Å². The minimum atomic E-state index is -0.809. The molecular formula is C16H19N3O2S. The molecule has 3 N–H and O–H groups in total. The van der Waals surface area contributed by atoms with E-state index in [1.807, 2.05) is 35.7 Å². The Morgan fingerprint density at radius 1 is 1.32 bits per heavy atom. The van der Waals surface area contributed by atoms with Crippen molar-refractivity contribution in [1.29, 1.82) is 0 Å². The molecule has 6 heteroatoms. The van der Waals surface area contributed by atoms with Crippen molar-refractivity contribution in [2.75, 3.05) is 13.2 Å². The Labute approximate surface area is 133 Å². The molecule has 1 aromatic carbocycles. The molecule has 2 heterocycles. The highest BCUT2D eigenvalue weighted by Gasteiger charge is 2.35. The van der Waals surface area contributed by atoms with Gasteiger partial charge in [-0.05, 0) is 12.8 Å².